The zero-order valence-corrected chi connectivity index (χ0v) is 13.4. The van der Waals surface area contributed by atoms with Crippen molar-refractivity contribution in [2.75, 3.05) is 13.1 Å². The standard InChI is InChI=1S/C15H19F3N2O2S/c16-15(17,18)12-8-23-13(19-12)9-3-2-6-20(7-9)14(22)10-4-1-5-11(10)21/h8-11,21H,1-7H2. The van der Waals surface area contributed by atoms with Gasteiger partial charge in [0.05, 0.1) is 17.0 Å². The predicted molar refractivity (Wildman–Crippen MR) is 79.0 cm³/mol. The maximum absolute atomic E-state index is 12.7. The summed E-state index contributed by atoms with van der Waals surface area (Å²) in [6.45, 7) is 1.00. The molecule has 1 aromatic heterocycles. The molecular formula is C15H19F3N2O2S. The SMILES string of the molecule is O=C(C1CCCC1O)N1CCCC(c2nc(C(F)(F)F)cs2)C1. The quantitative estimate of drug-likeness (QED) is 0.894. The van der Waals surface area contributed by atoms with Crippen molar-refractivity contribution >= 4 is 17.2 Å². The first-order valence-electron chi connectivity index (χ1n) is 7.85. The molecule has 128 valence electrons. The minimum Gasteiger partial charge on any atom is -0.392 e. The van der Waals surface area contributed by atoms with E-state index >= 15 is 0 Å². The van der Waals surface area contributed by atoms with E-state index in [-0.39, 0.29) is 17.7 Å². The van der Waals surface area contributed by atoms with E-state index in [1.807, 2.05) is 0 Å². The Morgan fingerprint density at radius 3 is 2.70 bits per heavy atom. The van der Waals surface area contributed by atoms with Gasteiger partial charge in [-0.1, -0.05) is 0 Å². The molecule has 3 rings (SSSR count). The Balaban J connectivity index is 1.68. The second-order valence-electron chi connectivity index (χ2n) is 6.30. The lowest BCUT2D eigenvalue weighted by molar-refractivity contribution is -0.141. The average molecular weight is 348 g/mol. The van der Waals surface area contributed by atoms with Crippen LogP contribution in [0.4, 0.5) is 13.2 Å². The molecule has 1 saturated carbocycles. The summed E-state index contributed by atoms with van der Waals surface area (Å²) in [5.74, 6) is -0.560. The highest BCUT2D eigenvalue weighted by Gasteiger charge is 2.38. The number of alkyl halides is 3. The molecule has 1 amide bonds. The number of halogens is 3. The molecule has 0 bridgehead atoms. The molecule has 0 aromatic carbocycles. The molecule has 0 radical (unpaired) electrons. The Kier molecular flexibility index (Phi) is 4.64. The summed E-state index contributed by atoms with van der Waals surface area (Å²) in [5, 5.41) is 11.4. The van der Waals surface area contributed by atoms with E-state index in [9.17, 15) is 23.1 Å². The number of carbonyl (C=O) groups excluding carboxylic acids is 1. The number of amides is 1. The first-order chi connectivity index (χ1) is 10.9. The summed E-state index contributed by atoms with van der Waals surface area (Å²) in [6.07, 6.45) is -1.34. The number of thiazole rings is 1. The molecule has 3 unspecified atom stereocenters. The highest BCUT2D eigenvalue weighted by molar-refractivity contribution is 7.09. The van der Waals surface area contributed by atoms with Crippen molar-refractivity contribution < 1.29 is 23.1 Å². The van der Waals surface area contributed by atoms with Gasteiger partial charge in [-0.05, 0) is 32.1 Å². The van der Waals surface area contributed by atoms with E-state index in [2.05, 4.69) is 4.98 Å². The van der Waals surface area contributed by atoms with E-state index in [4.69, 9.17) is 0 Å². The molecule has 1 N–H and O–H groups in total. The van der Waals surface area contributed by atoms with Crippen LogP contribution in [0.5, 0.6) is 0 Å². The van der Waals surface area contributed by atoms with Gasteiger partial charge in [-0.25, -0.2) is 4.98 Å². The summed E-state index contributed by atoms with van der Waals surface area (Å²) < 4.78 is 38.0. The number of nitrogens with zero attached hydrogens (tertiary/aromatic N) is 2. The van der Waals surface area contributed by atoms with Gasteiger partial charge in [0.1, 0.15) is 0 Å². The van der Waals surface area contributed by atoms with Crippen molar-refractivity contribution in [3.8, 4) is 0 Å². The lowest BCUT2D eigenvalue weighted by atomic mass is 9.96. The van der Waals surface area contributed by atoms with Crippen LogP contribution in [0.1, 0.15) is 48.7 Å². The predicted octanol–water partition coefficient (Wildman–Crippen LogP) is 3.03. The van der Waals surface area contributed by atoms with Crippen molar-refractivity contribution in [2.24, 2.45) is 5.92 Å². The van der Waals surface area contributed by atoms with Crippen LogP contribution in [0.3, 0.4) is 0 Å². The van der Waals surface area contributed by atoms with Gasteiger partial charge in [0, 0.05) is 24.4 Å². The van der Waals surface area contributed by atoms with Gasteiger partial charge in [0.15, 0.2) is 5.69 Å². The lowest BCUT2D eigenvalue weighted by Gasteiger charge is -2.34. The van der Waals surface area contributed by atoms with Crippen molar-refractivity contribution in [3.05, 3.63) is 16.1 Å². The first kappa shape index (κ1) is 16.7. The van der Waals surface area contributed by atoms with Crippen LogP contribution in [0.15, 0.2) is 5.38 Å². The summed E-state index contributed by atoms with van der Waals surface area (Å²) in [7, 11) is 0. The van der Waals surface area contributed by atoms with E-state index in [1.165, 1.54) is 0 Å². The Morgan fingerprint density at radius 1 is 1.30 bits per heavy atom. The average Bonchev–Trinajstić information content (AvgIpc) is 3.15. The molecule has 1 aliphatic heterocycles. The third-order valence-electron chi connectivity index (χ3n) is 4.69. The van der Waals surface area contributed by atoms with Crippen LogP contribution < -0.4 is 0 Å². The second-order valence-corrected chi connectivity index (χ2v) is 7.19. The topological polar surface area (TPSA) is 53.4 Å². The summed E-state index contributed by atoms with van der Waals surface area (Å²) in [6, 6.07) is 0. The maximum atomic E-state index is 12.7. The number of aromatic nitrogens is 1. The Hall–Kier alpha value is -1.15. The molecule has 23 heavy (non-hydrogen) atoms. The monoisotopic (exact) mass is 348 g/mol. The molecule has 1 saturated heterocycles. The highest BCUT2D eigenvalue weighted by atomic mass is 32.1. The van der Waals surface area contributed by atoms with Gasteiger partial charge in [-0.15, -0.1) is 11.3 Å². The van der Waals surface area contributed by atoms with Crippen molar-refractivity contribution in [2.45, 2.75) is 50.3 Å². The van der Waals surface area contributed by atoms with Crippen LogP contribution in [0.2, 0.25) is 0 Å². The fourth-order valence-electron chi connectivity index (χ4n) is 3.45. The fraction of sp³-hybridized carbons (Fsp3) is 0.733. The van der Waals surface area contributed by atoms with E-state index < -0.39 is 18.0 Å². The Morgan fingerprint density at radius 2 is 2.09 bits per heavy atom. The Labute approximate surface area is 136 Å². The van der Waals surface area contributed by atoms with Gasteiger partial charge in [0.2, 0.25) is 5.91 Å². The van der Waals surface area contributed by atoms with Gasteiger partial charge >= 0.3 is 6.18 Å². The number of aliphatic hydroxyl groups is 1. The smallest absolute Gasteiger partial charge is 0.392 e. The van der Waals surface area contributed by atoms with Gasteiger partial charge < -0.3 is 10.0 Å². The zero-order chi connectivity index (χ0) is 16.6. The third-order valence-corrected chi connectivity index (χ3v) is 5.70. The molecule has 2 aliphatic rings. The highest BCUT2D eigenvalue weighted by Crippen LogP contribution is 2.36. The van der Waals surface area contributed by atoms with Crippen LogP contribution in [-0.4, -0.2) is 40.1 Å². The lowest BCUT2D eigenvalue weighted by Crippen LogP contribution is -2.44. The molecule has 2 heterocycles. The first-order valence-corrected chi connectivity index (χ1v) is 8.73. The minimum absolute atomic E-state index is 0.0627. The van der Waals surface area contributed by atoms with E-state index in [1.54, 1.807) is 4.90 Å². The molecule has 8 heteroatoms. The third kappa shape index (κ3) is 3.52. The maximum Gasteiger partial charge on any atom is 0.434 e. The van der Waals surface area contributed by atoms with E-state index in [0.29, 0.717) is 30.9 Å². The number of aliphatic hydroxyl groups excluding tert-OH is 1. The molecule has 3 atom stereocenters. The van der Waals surface area contributed by atoms with Crippen LogP contribution in [-0.2, 0) is 11.0 Å². The van der Waals surface area contributed by atoms with Crippen molar-refractivity contribution in [1.29, 1.82) is 0 Å². The largest absolute Gasteiger partial charge is 0.434 e. The summed E-state index contributed by atoms with van der Waals surface area (Å²) >= 11 is 1.01. The van der Waals surface area contributed by atoms with Crippen LogP contribution in [0.25, 0.3) is 0 Å². The number of hydrogen-bond acceptors (Lipinski definition) is 4. The van der Waals surface area contributed by atoms with Crippen molar-refractivity contribution in [1.82, 2.24) is 9.88 Å². The molecule has 1 aromatic rings. The number of rotatable bonds is 2. The number of likely N-dealkylation sites (tertiary alicyclic amines) is 1. The van der Waals surface area contributed by atoms with Crippen LogP contribution >= 0.6 is 11.3 Å². The van der Waals surface area contributed by atoms with Gasteiger partial charge in [-0.2, -0.15) is 13.2 Å². The summed E-state index contributed by atoms with van der Waals surface area (Å²) in [4.78, 5) is 17.9. The molecule has 4 nitrogen and oxygen atoms in total. The number of piperidine rings is 1. The number of hydrogen-bond donors (Lipinski definition) is 1. The normalized spacial score (nSPS) is 29.0. The van der Waals surface area contributed by atoms with Gasteiger partial charge in [-0.3, -0.25) is 4.79 Å². The van der Waals surface area contributed by atoms with Crippen LogP contribution in [0, 0.1) is 5.92 Å². The van der Waals surface area contributed by atoms with Crippen molar-refractivity contribution in [3.63, 3.8) is 0 Å². The minimum atomic E-state index is -4.42. The van der Waals surface area contributed by atoms with E-state index in [0.717, 1.165) is 36.0 Å². The molecule has 1 aliphatic carbocycles. The zero-order valence-electron chi connectivity index (χ0n) is 12.6. The fourth-order valence-corrected chi connectivity index (χ4v) is 4.40. The summed E-state index contributed by atoms with van der Waals surface area (Å²) in [5.41, 5.74) is -0.854. The van der Waals surface area contributed by atoms with Gasteiger partial charge in [0.25, 0.3) is 0 Å². The molecular weight excluding hydrogens is 329 g/mol. The number of carbonyl (C=O) groups is 1. The Bertz CT molecular complexity index is 575. The molecule has 2 fully saturated rings. The molecule has 0 spiro atoms. The second kappa shape index (κ2) is 6.39.